The molecule has 0 aliphatic carbocycles. The zero-order valence-electron chi connectivity index (χ0n) is 11.4. The van der Waals surface area contributed by atoms with Crippen molar-refractivity contribution in [1.82, 2.24) is 0 Å². The summed E-state index contributed by atoms with van der Waals surface area (Å²) in [6.45, 7) is 3.04. The van der Waals surface area contributed by atoms with Gasteiger partial charge in [-0.15, -0.1) is 0 Å². The average molecular weight is 250 g/mol. The van der Waals surface area contributed by atoms with Crippen molar-refractivity contribution in [1.29, 1.82) is 5.26 Å². The Hall–Kier alpha value is -2.27. The van der Waals surface area contributed by atoms with Crippen LogP contribution in [0.3, 0.4) is 0 Å². The summed E-state index contributed by atoms with van der Waals surface area (Å²) < 4.78 is 0. The first-order valence-corrected chi connectivity index (χ1v) is 6.52. The van der Waals surface area contributed by atoms with Crippen LogP contribution in [0.2, 0.25) is 0 Å². The molecule has 0 aliphatic rings. The molecule has 2 rings (SSSR count). The Morgan fingerprint density at radius 1 is 0.947 bits per heavy atom. The van der Waals surface area contributed by atoms with Gasteiger partial charge < -0.3 is 4.90 Å². The van der Waals surface area contributed by atoms with Gasteiger partial charge in [0.1, 0.15) is 0 Å². The summed E-state index contributed by atoms with van der Waals surface area (Å²) in [5.74, 6) is 0. The van der Waals surface area contributed by atoms with Crippen molar-refractivity contribution in [2.75, 3.05) is 11.9 Å². The predicted molar refractivity (Wildman–Crippen MR) is 79.1 cm³/mol. The van der Waals surface area contributed by atoms with Crippen LogP contribution in [0, 0.1) is 11.3 Å². The van der Waals surface area contributed by atoms with Gasteiger partial charge in [0.05, 0.1) is 11.6 Å². The molecule has 0 radical (unpaired) electrons. The summed E-state index contributed by atoms with van der Waals surface area (Å²) >= 11 is 0. The summed E-state index contributed by atoms with van der Waals surface area (Å²) in [6, 6.07) is 18.5. The summed E-state index contributed by atoms with van der Waals surface area (Å²) in [5.41, 5.74) is 4.48. The van der Waals surface area contributed by atoms with E-state index in [0.717, 1.165) is 18.7 Å². The van der Waals surface area contributed by atoms with E-state index in [4.69, 9.17) is 5.26 Å². The topological polar surface area (TPSA) is 27.0 Å². The van der Waals surface area contributed by atoms with Crippen LogP contribution < -0.4 is 4.90 Å². The van der Waals surface area contributed by atoms with Crippen molar-refractivity contribution < 1.29 is 0 Å². The van der Waals surface area contributed by atoms with E-state index in [1.807, 2.05) is 24.3 Å². The lowest BCUT2D eigenvalue weighted by molar-refractivity contribution is 0.921. The third-order valence-electron chi connectivity index (χ3n) is 3.29. The van der Waals surface area contributed by atoms with Crippen molar-refractivity contribution in [3.63, 3.8) is 0 Å². The molecule has 0 aliphatic heterocycles. The molecule has 2 nitrogen and oxygen atoms in total. The van der Waals surface area contributed by atoms with E-state index < -0.39 is 0 Å². The number of hydrogen-bond acceptors (Lipinski definition) is 2. The molecule has 2 heteroatoms. The second kappa shape index (κ2) is 6.06. The number of hydrogen-bond donors (Lipinski definition) is 0. The van der Waals surface area contributed by atoms with E-state index in [0.29, 0.717) is 5.56 Å². The molecule has 0 unspecified atom stereocenters. The molecular weight excluding hydrogens is 232 g/mol. The molecule has 0 bridgehead atoms. The third-order valence-corrected chi connectivity index (χ3v) is 3.29. The van der Waals surface area contributed by atoms with Crippen LogP contribution in [0.5, 0.6) is 0 Å². The van der Waals surface area contributed by atoms with Gasteiger partial charge in [-0.3, -0.25) is 0 Å². The highest BCUT2D eigenvalue weighted by molar-refractivity contribution is 5.49. The Morgan fingerprint density at radius 3 is 2.05 bits per heavy atom. The minimum absolute atomic E-state index is 0.699. The van der Waals surface area contributed by atoms with Gasteiger partial charge in [0.15, 0.2) is 0 Å². The maximum atomic E-state index is 8.79. The second-order valence-electron chi connectivity index (χ2n) is 4.68. The zero-order valence-corrected chi connectivity index (χ0v) is 11.4. The Balaban J connectivity index is 2.06. The van der Waals surface area contributed by atoms with Gasteiger partial charge in [0.2, 0.25) is 0 Å². The lowest BCUT2D eigenvalue weighted by atomic mass is 10.1. The molecule has 0 saturated carbocycles. The monoisotopic (exact) mass is 250 g/mol. The van der Waals surface area contributed by atoms with Crippen LogP contribution in [-0.4, -0.2) is 7.05 Å². The Kier molecular flexibility index (Phi) is 4.20. The molecule has 0 saturated heterocycles. The van der Waals surface area contributed by atoms with E-state index >= 15 is 0 Å². The molecule has 0 fully saturated rings. The first-order chi connectivity index (χ1) is 9.22. The van der Waals surface area contributed by atoms with Crippen LogP contribution in [0.25, 0.3) is 0 Å². The van der Waals surface area contributed by atoms with E-state index in [1.54, 1.807) is 0 Å². The van der Waals surface area contributed by atoms with Gasteiger partial charge in [0, 0.05) is 19.3 Å². The number of anilines is 1. The van der Waals surface area contributed by atoms with Gasteiger partial charge >= 0.3 is 0 Å². The van der Waals surface area contributed by atoms with Gasteiger partial charge in [0.25, 0.3) is 0 Å². The molecule has 0 atom stereocenters. The van der Waals surface area contributed by atoms with Crippen molar-refractivity contribution in [3.8, 4) is 6.07 Å². The minimum Gasteiger partial charge on any atom is -0.370 e. The van der Waals surface area contributed by atoms with Crippen molar-refractivity contribution >= 4 is 5.69 Å². The number of benzene rings is 2. The van der Waals surface area contributed by atoms with E-state index in [-0.39, 0.29) is 0 Å². The Morgan fingerprint density at radius 2 is 1.53 bits per heavy atom. The van der Waals surface area contributed by atoms with Crippen LogP contribution in [0.4, 0.5) is 5.69 Å². The van der Waals surface area contributed by atoms with Gasteiger partial charge in [-0.25, -0.2) is 0 Å². The molecule has 2 aromatic rings. The third kappa shape index (κ3) is 3.35. The van der Waals surface area contributed by atoms with Crippen LogP contribution in [0.15, 0.2) is 48.5 Å². The highest BCUT2D eigenvalue weighted by atomic mass is 15.1. The standard InChI is InChI=1S/C17H18N2/c1-3-14-4-6-16(7-5-14)13-19(2)17-10-8-15(12-18)9-11-17/h4-11H,3,13H2,1-2H3. The first-order valence-electron chi connectivity index (χ1n) is 6.52. The molecule has 0 spiro atoms. The van der Waals surface area contributed by atoms with Crippen molar-refractivity contribution in [2.24, 2.45) is 0 Å². The van der Waals surface area contributed by atoms with E-state index in [1.165, 1.54) is 11.1 Å². The lowest BCUT2D eigenvalue weighted by Crippen LogP contribution is -2.16. The molecule has 0 heterocycles. The lowest BCUT2D eigenvalue weighted by Gasteiger charge is -2.19. The van der Waals surface area contributed by atoms with Gasteiger partial charge in [-0.05, 0) is 41.8 Å². The SMILES string of the molecule is CCc1ccc(CN(C)c2ccc(C#N)cc2)cc1. The highest BCUT2D eigenvalue weighted by Gasteiger charge is 2.02. The Bertz CT molecular complexity index is 562. The fourth-order valence-corrected chi connectivity index (χ4v) is 2.04. The molecule has 0 amide bonds. The molecule has 0 N–H and O–H groups in total. The van der Waals surface area contributed by atoms with Crippen LogP contribution in [0.1, 0.15) is 23.6 Å². The fourth-order valence-electron chi connectivity index (χ4n) is 2.04. The fraction of sp³-hybridized carbons (Fsp3) is 0.235. The van der Waals surface area contributed by atoms with E-state index in [2.05, 4.69) is 49.2 Å². The normalized spacial score (nSPS) is 9.95. The van der Waals surface area contributed by atoms with E-state index in [9.17, 15) is 0 Å². The molecule has 19 heavy (non-hydrogen) atoms. The van der Waals surface area contributed by atoms with Crippen molar-refractivity contribution in [2.45, 2.75) is 19.9 Å². The molecule has 96 valence electrons. The minimum atomic E-state index is 0.699. The van der Waals surface area contributed by atoms with Crippen LogP contribution >= 0.6 is 0 Å². The molecule has 2 aromatic carbocycles. The average Bonchev–Trinajstić information content (AvgIpc) is 2.48. The highest BCUT2D eigenvalue weighted by Crippen LogP contribution is 2.16. The molecule has 0 aromatic heterocycles. The maximum Gasteiger partial charge on any atom is 0.0991 e. The number of aryl methyl sites for hydroxylation is 1. The largest absolute Gasteiger partial charge is 0.370 e. The first kappa shape index (κ1) is 13.2. The maximum absolute atomic E-state index is 8.79. The summed E-state index contributed by atoms with van der Waals surface area (Å²) in [4.78, 5) is 2.18. The van der Waals surface area contributed by atoms with Gasteiger partial charge in [-0.2, -0.15) is 5.26 Å². The Labute approximate surface area is 114 Å². The van der Waals surface area contributed by atoms with Crippen LogP contribution in [-0.2, 0) is 13.0 Å². The van der Waals surface area contributed by atoms with Gasteiger partial charge in [-0.1, -0.05) is 31.2 Å². The predicted octanol–water partition coefficient (Wildman–Crippen LogP) is 3.76. The number of rotatable bonds is 4. The zero-order chi connectivity index (χ0) is 13.7. The number of nitriles is 1. The summed E-state index contributed by atoms with van der Waals surface area (Å²) in [7, 11) is 2.06. The second-order valence-corrected chi connectivity index (χ2v) is 4.68. The summed E-state index contributed by atoms with van der Waals surface area (Å²) in [5, 5.41) is 8.79. The smallest absolute Gasteiger partial charge is 0.0991 e. The molecular formula is C17H18N2. The number of nitrogens with zero attached hydrogens (tertiary/aromatic N) is 2. The summed E-state index contributed by atoms with van der Waals surface area (Å²) in [6.07, 6.45) is 1.08. The van der Waals surface area contributed by atoms with Crippen molar-refractivity contribution in [3.05, 3.63) is 65.2 Å². The quantitative estimate of drug-likeness (QED) is 0.826.